The fraction of sp³-hybridized carbons (Fsp3) is 0.267. The number of aryl methyl sites for hydroxylation is 4. The molecule has 2 aliphatic heterocycles. The Morgan fingerprint density at radius 1 is 0.421 bits per heavy atom. The number of amides is 8. The van der Waals surface area contributed by atoms with Gasteiger partial charge in [0.2, 0.25) is 0 Å². The zero-order valence-electron chi connectivity index (χ0n) is 75.5. The standard InChI is InChI=1S/C27H33N5O3.C25H21F2N5O2.C25H29N5O2.C24H27N5O3/c1-16-8-6-7-9-19(16)25(34)30-15-17-10-12-18(13-11-17)22-21(24(29)33)23(28)32(31-22)20-14-26(2,3)35-27(20,4)5;1-14-5-2-3-6-17(14)25(34)30-13-15-9-11-16(12-10-15)22-20(24(29)33)23(28)32(31-22)19-8-4-7-18(26)21(19)27;1-15-7-3-6-10-20(15)25(32)28-16(2)17-11-13-18(14-12-17)22-21(24(27)31)23(26)30(29-22)19-8-4-5-9-19;1-15-5-2-3-7-19(15)24(31)27-13-16-8-10-17(11-9-16)21-20(23(26)30)22(25)29(28-21)18-6-4-12-32-14-18/h6-13,20H,14-15,28H2,1-5H3,(H2,29,33)(H,30,34);2-12H,13,28H2,1H3,(H2,29,33)(H,30,34);3,6-7,10-14,16,19H,4-5,8-9,26H2,1-2H3,(H2,27,31)(H,28,32);2-3,5,7-11,18H,4,6,12-14,25H2,1H3,(H2,26,30)(H,27,31). The van der Waals surface area contributed by atoms with Crippen LogP contribution < -0.4 is 67.1 Å². The number of halogens is 2. The first-order valence-corrected chi connectivity index (χ1v) is 43.7. The molecule has 30 nitrogen and oxygen atoms in total. The molecule has 1 saturated carbocycles. The zero-order chi connectivity index (χ0) is 95.4. The summed E-state index contributed by atoms with van der Waals surface area (Å²) >= 11 is 0. The smallest absolute Gasteiger partial charge is 0.254 e. The molecule has 133 heavy (non-hydrogen) atoms. The lowest BCUT2D eigenvalue weighted by molar-refractivity contribution is -0.0736. The molecule has 32 heteroatoms. The van der Waals surface area contributed by atoms with Crippen LogP contribution in [0.1, 0.15) is 231 Å². The summed E-state index contributed by atoms with van der Waals surface area (Å²) in [6.07, 6.45) is 6.75. The summed E-state index contributed by atoms with van der Waals surface area (Å²) < 4.78 is 45.8. The first kappa shape index (κ1) is 95.2. The number of aromatic nitrogens is 8. The Labute approximate surface area is 768 Å². The Bertz CT molecular complexity index is 6500. The monoisotopic (exact) mass is 1800 g/mol. The average Bonchev–Trinajstić information content (AvgIpc) is 1.59. The van der Waals surface area contributed by atoms with Crippen molar-refractivity contribution >= 4 is 70.5 Å². The van der Waals surface area contributed by atoms with Crippen molar-refractivity contribution in [2.75, 3.05) is 36.1 Å². The highest BCUT2D eigenvalue weighted by Gasteiger charge is 2.49. The Kier molecular flexibility index (Phi) is 29.4. The van der Waals surface area contributed by atoms with E-state index in [0.717, 1.165) is 112 Å². The lowest BCUT2D eigenvalue weighted by Crippen LogP contribution is -2.32. The van der Waals surface area contributed by atoms with Gasteiger partial charge in [0.15, 0.2) is 11.6 Å². The maximum atomic E-state index is 14.3. The third-order valence-corrected chi connectivity index (χ3v) is 24.0. The van der Waals surface area contributed by atoms with Gasteiger partial charge in [-0.1, -0.05) is 189 Å². The van der Waals surface area contributed by atoms with Crippen LogP contribution in [-0.4, -0.2) is 111 Å². The number of nitrogen functional groups attached to an aromatic ring is 4. The maximum absolute atomic E-state index is 14.3. The third kappa shape index (κ3) is 21.7. The lowest BCUT2D eigenvalue weighted by atomic mass is 9.94. The van der Waals surface area contributed by atoms with Gasteiger partial charge >= 0.3 is 0 Å². The number of primary amides is 4. The average molecular weight is 1800 g/mol. The topological polar surface area (TPSA) is 483 Å². The number of nitrogens with zero attached hydrogens (tertiary/aromatic N) is 8. The summed E-state index contributed by atoms with van der Waals surface area (Å²) in [5.74, 6) is -4.84. The molecule has 9 aromatic carbocycles. The number of carbonyl (C=O) groups excluding carboxylic acids is 8. The number of hydrogen-bond acceptors (Lipinski definition) is 18. The highest BCUT2D eigenvalue weighted by atomic mass is 19.2. The van der Waals surface area contributed by atoms with Crippen molar-refractivity contribution < 1.29 is 56.6 Å². The van der Waals surface area contributed by atoms with Crippen molar-refractivity contribution in [3.63, 3.8) is 0 Å². The fourth-order valence-corrected chi connectivity index (χ4v) is 16.9. The zero-order valence-corrected chi connectivity index (χ0v) is 75.5. The summed E-state index contributed by atoms with van der Waals surface area (Å²) in [5.41, 5.74) is 60.9. The number of ether oxygens (including phenoxy) is 2. The molecule has 2 saturated heterocycles. The predicted octanol–water partition coefficient (Wildman–Crippen LogP) is 14.7. The number of rotatable bonds is 24. The molecule has 3 fully saturated rings. The van der Waals surface area contributed by atoms with Crippen molar-refractivity contribution in [3.8, 4) is 50.7 Å². The molecule has 4 aromatic heterocycles. The van der Waals surface area contributed by atoms with Crippen LogP contribution in [0, 0.1) is 39.3 Å². The highest BCUT2D eigenvalue weighted by Crippen LogP contribution is 2.47. The van der Waals surface area contributed by atoms with Crippen LogP contribution in [0.15, 0.2) is 212 Å². The number of nitrogens with one attached hydrogen (secondary N) is 4. The van der Waals surface area contributed by atoms with Crippen LogP contribution >= 0.6 is 0 Å². The van der Waals surface area contributed by atoms with E-state index in [1.165, 1.54) is 12.1 Å². The Morgan fingerprint density at radius 2 is 0.767 bits per heavy atom. The second kappa shape index (κ2) is 41.1. The molecule has 8 amide bonds. The van der Waals surface area contributed by atoms with E-state index in [1.807, 2.05) is 208 Å². The molecule has 1 aliphatic carbocycles. The molecule has 3 aliphatic rings. The normalized spacial score (nSPS) is 15.0. The Hall–Kier alpha value is -15.4. The van der Waals surface area contributed by atoms with Crippen LogP contribution in [0.2, 0.25) is 0 Å². The van der Waals surface area contributed by atoms with E-state index in [9.17, 15) is 47.1 Å². The molecular weight excluding hydrogens is 1690 g/mol. The first-order valence-electron chi connectivity index (χ1n) is 43.7. The van der Waals surface area contributed by atoms with Gasteiger partial charge in [-0.05, 0) is 169 Å². The number of nitrogens with two attached hydrogens (primary N) is 8. The number of anilines is 4. The second-order valence-corrected chi connectivity index (χ2v) is 34.4. The van der Waals surface area contributed by atoms with E-state index < -0.39 is 40.9 Å². The summed E-state index contributed by atoms with van der Waals surface area (Å²) in [5, 5.41) is 30.1. The van der Waals surface area contributed by atoms with Gasteiger partial charge in [-0.15, -0.1) is 0 Å². The van der Waals surface area contributed by atoms with Crippen molar-refractivity contribution in [1.29, 1.82) is 0 Å². The van der Waals surface area contributed by atoms with Gasteiger partial charge < -0.3 is 76.6 Å². The van der Waals surface area contributed by atoms with Crippen molar-refractivity contribution in [2.24, 2.45) is 22.9 Å². The second-order valence-electron chi connectivity index (χ2n) is 34.4. The quantitative estimate of drug-likeness (QED) is 0.0267. The van der Waals surface area contributed by atoms with E-state index in [-0.39, 0.29) is 111 Å². The molecule has 16 rings (SSSR count). The highest BCUT2D eigenvalue weighted by molar-refractivity contribution is 6.06. The van der Waals surface area contributed by atoms with E-state index in [1.54, 1.807) is 62.6 Å². The van der Waals surface area contributed by atoms with Gasteiger partial charge in [0.1, 0.15) is 74.0 Å². The molecule has 0 spiro atoms. The first-order chi connectivity index (χ1) is 63.5. The van der Waals surface area contributed by atoms with Crippen LogP contribution in [-0.2, 0) is 29.1 Å². The number of carbonyl (C=O) groups is 8. The molecule has 3 unspecified atom stereocenters. The third-order valence-electron chi connectivity index (χ3n) is 24.0. The van der Waals surface area contributed by atoms with Gasteiger partial charge in [0.25, 0.3) is 47.3 Å². The van der Waals surface area contributed by atoms with Crippen LogP contribution in [0.3, 0.4) is 0 Å². The Morgan fingerprint density at radius 3 is 1.14 bits per heavy atom. The fourth-order valence-electron chi connectivity index (χ4n) is 16.9. The molecule has 20 N–H and O–H groups in total. The summed E-state index contributed by atoms with van der Waals surface area (Å²) in [6, 6.07) is 62.5. The number of benzene rings is 9. The maximum Gasteiger partial charge on any atom is 0.254 e. The predicted molar refractivity (Wildman–Crippen MR) is 507 cm³/mol. The minimum absolute atomic E-state index is 0.0217. The Balaban J connectivity index is 0.000000151. The summed E-state index contributed by atoms with van der Waals surface area (Å²) in [7, 11) is 0. The van der Waals surface area contributed by atoms with Crippen molar-refractivity contribution in [1.82, 2.24) is 60.4 Å². The summed E-state index contributed by atoms with van der Waals surface area (Å²) in [6.45, 7) is 19.8. The minimum Gasteiger partial charge on any atom is -0.383 e. The van der Waals surface area contributed by atoms with Crippen molar-refractivity contribution in [2.45, 2.75) is 162 Å². The van der Waals surface area contributed by atoms with Gasteiger partial charge in [-0.3, -0.25) is 38.4 Å². The van der Waals surface area contributed by atoms with E-state index in [0.29, 0.717) is 82.4 Å². The molecule has 3 atom stereocenters. The number of hydrogen-bond donors (Lipinski definition) is 12. The molecular formula is C101H110F2N20O10. The van der Waals surface area contributed by atoms with Gasteiger partial charge in [-0.25, -0.2) is 27.5 Å². The summed E-state index contributed by atoms with van der Waals surface area (Å²) in [4.78, 5) is 98.7. The SMILES string of the molecule is Cc1ccccc1C(=O)NC(C)c1ccc(-c2nn(C3CCCC3)c(N)c2C(N)=O)cc1.Cc1ccccc1C(=O)NCc1ccc(-c2nn(-c3cccc(F)c3F)c(N)c2C(N)=O)cc1.Cc1ccccc1C(=O)NCc1ccc(-c2nn(C3CC(C)(C)OC3(C)C)c(N)c2C(N)=O)cc1.Cc1ccccc1C(=O)NCc1ccc(-c2nn(C3CCCOC3)c(N)c2C(N)=O)cc1. The van der Waals surface area contributed by atoms with Crippen LogP contribution in [0.5, 0.6) is 0 Å². The molecule has 13 aromatic rings. The van der Waals surface area contributed by atoms with Gasteiger partial charge in [0, 0.05) is 77.2 Å². The molecule has 6 heterocycles. The molecule has 0 radical (unpaired) electrons. The molecule has 688 valence electrons. The van der Waals surface area contributed by atoms with E-state index in [4.69, 9.17) is 60.4 Å². The van der Waals surface area contributed by atoms with E-state index in [2.05, 4.69) is 36.6 Å². The van der Waals surface area contributed by atoms with E-state index >= 15 is 0 Å². The van der Waals surface area contributed by atoms with Crippen molar-refractivity contribution in [3.05, 3.63) is 313 Å². The van der Waals surface area contributed by atoms with Gasteiger partial charge in [-0.2, -0.15) is 20.4 Å². The van der Waals surface area contributed by atoms with Gasteiger partial charge in [0.05, 0.1) is 42.0 Å². The largest absolute Gasteiger partial charge is 0.383 e. The van der Waals surface area contributed by atoms with Crippen LogP contribution in [0.25, 0.3) is 50.7 Å². The minimum atomic E-state index is -1.15. The van der Waals surface area contributed by atoms with Crippen LogP contribution in [0.4, 0.5) is 32.1 Å². The lowest BCUT2D eigenvalue weighted by Gasteiger charge is -2.27. The molecule has 0 bridgehead atoms.